The Morgan fingerprint density at radius 1 is 1.33 bits per heavy atom. The predicted octanol–water partition coefficient (Wildman–Crippen LogP) is 3.85. The summed E-state index contributed by atoms with van der Waals surface area (Å²) >= 11 is 6.29. The van der Waals surface area contributed by atoms with Gasteiger partial charge in [0.05, 0.1) is 17.3 Å². The van der Waals surface area contributed by atoms with Gasteiger partial charge in [-0.3, -0.25) is 0 Å². The lowest BCUT2D eigenvalue weighted by Crippen LogP contribution is -2.33. The number of benzene rings is 1. The van der Waals surface area contributed by atoms with Gasteiger partial charge in [-0.1, -0.05) is 37.4 Å². The first-order valence-electron chi connectivity index (χ1n) is 6.88. The van der Waals surface area contributed by atoms with Crippen molar-refractivity contribution in [1.29, 1.82) is 0 Å². The van der Waals surface area contributed by atoms with Crippen LogP contribution in [-0.4, -0.2) is 18.2 Å². The van der Waals surface area contributed by atoms with E-state index < -0.39 is 0 Å². The second kappa shape index (κ2) is 6.44. The second-order valence-electron chi connectivity index (χ2n) is 5.16. The molecule has 0 aliphatic carbocycles. The fourth-order valence-electron chi connectivity index (χ4n) is 2.78. The Bertz CT molecular complexity index is 386. The van der Waals surface area contributed by atoms with Gasteiger partial charge in [0.25, 0.3) is 0 Å². The van der Waals surface area contributed by atoms with Crippen molar-refractivity contribution in [3.05, 3.63) is 28.8 Å². The number of hydrogen-bond acceptors (Lipinski definition) is 2. The third-order valence-corrected chi connectivity index (χ3v) is 4.15. The highest BCUT2D eigenvalue weighted by molar-refractivity contribution is 6.33. The number of nitrogens with zero attached hydrogens (tertiary/aromatic N) is 1. The molecule has 2 nitrogen and oxygen atoms in total. The summed E-state index contributed by atoms with van der Waals surface area (Å²) in [6.45, 7) is 4.52. The standard InChI is InChI=1S/C15H22ClNO/c1-2-3-12-6-8-17(9-7-12)15-5-4-13(11-18)10-14(15)16/h4-5,10,12,18H,2-3,6-9,11H2,1H3. The van der Waals surface area contributed by atoms with Crippen LogP contribution in [0, 0.1) is 5.92 Å². The second-order valence-corrected chi connectivity index (χ2v) is 5.57. The van der Waals surface area contributed by atoms with Crippen LogP contribution in [0.3, 0.4) is 0 Å². The van der Waals surface area contributed by atoms with Crippen LogP contribution in [0.2, 0.25) is 5.02 Å². The fourth-order valence-corrected chi connectivity index (χ4v) is 3.10. The highest BCUT2D eigenvalue weighted by atomic mass is 35.5. The molecule has 1 fully saturated rings. The van der Waals surface area contributed by atoms with E-state index in [4.69, 9.17) is 16.7 Å². The molecule has 1 heterocycles. The summed E-state index contributed by atoms with van der Waals surface area (Å²) in [6, 6.07) is 5.86. The monoisotopic (exact) mass is 267 g/mol. The van der Waals surface area contributed by atoms with Crippen molar-refractivity contribution in [3.8, 4) is 0 Å². The lowest BCUT2D eigenvalue weighted by atomic mass is 9.92. The molecule has 0 spiro atoms. The molecule has 0 saturated carbocycles. The molecule has 1 aromatic carbocycles. The Morgan fingerprint density at radius 2 is 2.06 bits per heavy atom. The van der Waals surface area contributed by atoms with Crippen LogP contribution < -0.4 is 4.90 Å². The van der Waals surface area contributed by atoms with Crippen LogP contribution >= 0.6 is 11.6 Å². The van der Waals surface area contributed by atoms with E-state index in [2.05, 4.69) is 11.8 Å². The molecule has 1 aliphatic heterocycles. The third-order valence-electron chi connectivity index (χ3n) is 3.85. The van der Waals surface area contributed by atoms with Gasteiger partial charge in [0.15, 0.2) is 0 Å². The Hall–Kier alpha value is -0.730. The first-order chi connectivity index (χ1) is 8.74. The maximum absolute atomic E-state index is 9.08. The highest BCUT2D eigenvalue weighted by Gasteiger charge is 2.20. The molecule has 0 radical (unpaired) electrons. The minimum absolute atomic E-state index is 0.0541. The lowest BCUT2D eigenvalue weighted by molar-refractivity contribution is 0.282. The molecule has 0 unspecified atom stereocenters. The fraction of sp³-hybridized carbons (Fsp3) is 0.600. The zero-order valence-corrected chi connectivity index (χ0v) is 11.8. The van der Waals surface area contributed by atoms with Crippen molar-refractivity contribution in [2.45, 2.75) is 39.2 Å². The van der Waals surface area contributed by atoms with E-state index in [0.29, 0.717) is 0 Å². The number of halogens is 1. The largest absolute Gasteiger partial charge is 0.392 e. The maximum Gasteiger partial charge on any atom is 0.0682 e. The smallest absolute Gasteiger partial charge is 0.0682 e. The van der Waals surface area contributed by atoms with Gasteiger partial charge in [0, 0.05) is 13.1 Å². The average molecular weight is 268 g/mol. The Morgan fingerprint density at radius 3 is 2.61 bits per heavy atom. The molecule has 1 saturated heterocycles. The van der Waals surface area contributed by atoms with Crippen molar-refractivity contribution in [2.75, 3.05) is 18.0 Å². The van der Waals surface area contributed by atoms with Crippen LogP contribution in [0.1, 0.15) is 38.2 Å². The molecule has 100 valence electrons. The van der Waals surface area contributed by atoms with E-state index >= 15 is 0 Å². The zero-order chi connectivity index (χ0) is 13.0. The Balaban J connectivity index is 2.01. The number of hydrogen-bond donors (Lipinski definition) is 1. The summed E-state index contributed by atoms with van der Waals surface area (Å²) in [5.74, 6) is 0.891. The van der Waals surface area contributed by atoms with Gasteiger partial charge in [-0.05, 0) is 36.5 Å². The van der Waals surface area contributed by atoms with Gasteiger partial charge in [0.2, 0.25) is 0 Å². The van der Waals surface area contributed by atoms with Gasteiger partial charge < -0.3 is 10.0 Å². The van der Waals surface area contributed by atoms with Crippen LogP contribution in [-0.2, 0) is 6.61 Å². The Labute approximate surface area is 115 Å². The van der Waals surface area contributed by atoms with Crippen molar-refractivity contribution in [1.82, 2.24) is 0 Å². The first kappa shape index (κ1) is 13.7. The van der Waals surface area contributed by atoms with E-state index in [0.717, 1.165) is 35.3 Å². The normalized spacial score (nSPS) is 17.2. The summed E-state index contributed by atoms with van der Waals surface area (Å²) in [4.78, 5) is 2.37. The lowest BCUT2D eigenvalue weighted by Gasteiger charge is -2.34. The van der Waals surface area contributed by atoms with Gasteiger partial charge in [-0.2, -0.15) is 0 Å². The van der Waals surface area contributed by atoms with E-state index in [1.807, 2.05) is 18.2 Å². The minimum atomic E-state index is 0.0541. The highest BCUT2D eigenvalue weighted by Crippen LogP contribution is 2.31. The third kappa shape index (κ3) is 3.18. The van der Waals surface area contributed by atoms with Crippen LogP contribution in [0.25, 0.3) is 0 Å². The number of aliphatic hydroxyl groups excluding tert-OH is 1. The molecule has 1 aliphatic rings. The molecule has 0 bridgehead atoms. The molecule has 18 heavy (non-hydrogen) atoms. The summed E-state index contributed by atoms with van der Waals surface area (Å²) < 4.78 is 0. The summed E-state index contributed by atoms with van der Waals surface area (Å²) in [5, 5.41) is 9.84. The van der Waals surface area contributed by atoms with Crippen molar-refractivity contribution < 1.29 is 5.11 Å². The van der Waals surface area contributed by atoms with Crippen LogP contribution in [0.5, 0.6) is 0 Å². The summed E-state index contributed by atoms with van der Waals surface area (Å²) in [5.41, 5.74) is 1.99. The molecule has 2 rings (SSSR count). The zero-order valence-electron chi connectivity index (χ0n) is 11.0. The van der Waals surface area contributed by atoms with Crippen molar-refractivity contribution in [3.63, 3.8) is 0 Å². The number of rotatable bonds is 4. The molecular weight excluding hydrogens is 246 g/mol. The topological polar surface area (TPSA) is 23.5 Å². The van der Waals surface area contributed by atoms with Crippen molar-refractivity contribution in [2.24, 2.45) is 5.92 Å². The molecular formula is C15H22ClNO. The SMILES string of the molecule is CCCC1CCN(c2ccc(CO)cc2Cl)CC1. The summed E-state index contributed by atoms with van der Waals surface area (Å²) in [7, 11) is 0. The summed E-state index contributed by atoms with van der Waals surface area (Å²) in [6.07, 6.45) is 5.18. The average Bonchev–Trinajstić information content (AvgIpc) is 2.40. The molecule has 3 heteroatoms. The van der Waals surface area contributed by atoms with Gasteiger partial charge in [-0.25, -0.2) is 0 Å². The van der Waals surface area contributed by atoms with E-state index in [9.17, 15) is 0 Å². The van der Waals surface area contributed by atoms with E-state index in [1.165, 1.54) is 25.7 Å². The van der Waals surface area contributed by atoms with E-state index in [-0.39, 0.29) is 6.61 Å². The van der Waals surface area contributed by atoms with Crippen LogP contribution in [0.4, 0.5) is 5.69 Å². The van der Waals surface area contributed by atoms with Gasteiger partial charge in [0.1, 0.15) is 0 Å². The quantitative estimate of drug-likeness (QED) is 0.896. The number of aliphatic hydroxyl groups is 1. The van der Waals surface area contributed by atoms with Gasteiger partial charge >= 0.3 is 0 Å². The van der Waals surface area contributed by atoms with Gasteiger partial charge in [-0.15, -0.1) is 0 Å². The first-order valence-corrected chi connectivity index (χ1v) is 7.26. The predicted molar refractivity (Wildman–Crippen MR) is 77.2 cm³/mol. The molecule has 1 N–H and O–H groups in total. The molecule has 1 aromatic rings. The van der Waals surface area contributed by atoms with Crippen LogP contribution in [0.15, 0.2) is 18.2 Å². The molecule has 0 amide bonds. The minimum Gasteiger partial charge on any atom is -0.392 e. The maximum atomic E-state index is 9.08. The Kier molecular flexibility index (Phi) is 4.90. The number of piperidine rings is 1. The van der Waals surface area contributed by atoms with Crippen molar-refractivity contribution >= 4 is 17.3 Å². The molecule has 0 atom stereocenters. The van der Waals surface area contributed by atoms with E-state index in [1.54, 1.807) is 0 Å². The number of anilines is 1. The molecule has 0 aromatic heterocycles.